The molecule has 26 heavy (non-hydrogen) atoms. The van der Waals surface area contributed by atoms with Gasteiger partial charge in [-0.05, 0) is 31.9 Å². The van der Waals surface area contributed by atoms with Gasteiger partial charge in [-0.3, -0.25) is 0 Å². The minimum absolute atomic E-state index is 0.128. The molecule has 1 aliphatic rings. The fraction of sp³-hybridized carbons (Fsp3) is 0.412. The van der Waals surface area contributed by atoms with Crippen molar-refractivity contribution in [1.29, 1.82) is 0 Å². The maximum Gasteiger partial charge on any atom is 0.229 e. The Bertz CT molecular complexity index is 934. The smallest absolute Gasteiger partial charge is 0.229 e. The summed E-state index contributed by atoms with van der Waals surface area (Å²) in [6.45, 7) is 3.76. The zero-order valence-electron chi connectivity index (χ0n) is 14.8. The van der Waals surface area contributed by atoms with Gasteiger partial charge in [-0.1, -0.05) is 11.6 Å². The number of nitrogens with one attached hydrogen (secondary N) is 2. The third-order valence-electron chi connectivity index (χ3n) is 4.17. The molecule has 1 aromatic carbocycles. The van der Waals surface area contributed by atoms with E-state index in [4.69, 9.17) is 16.3 Å². The van der Waals surface area contributed by atoms with Crippen molar-refractivity contribution in [3.8, 4) is 5.75 Å². The summed E-state index contributed by atoms with van der Waals surface area (Å²) in [5, 5.41) is 6.95. The van der Waals surface area contributed by atoms with Gasteiger partial charge in [0.15, 0.2) is 9.84 Å². The fourth-order valence-electron chi connectivity index (χ4n) is 2.87. The van der Waals surface area contributed by atoms with E-state index in [-0.39, 0.29) is 17.5 Å². The molecule has 1 unspecified atom stereocenters. The van der Waals surface area contributed by atoms with Crippen molar-refractivity contribution in [2.24, 2.45) is 0 Å². The first-order chi connectivity index (χ1) is 12.3. The minimum atomic E-state index is -2.95. The van der Waals surface area contributed by atoms with E-state index in [0.29, 0.717) is 34.6 Å². The third kappa shape index (κ3) is 4.37. The van der Waals surface area contributed by atoms with Crippen LogP contribution in [0.15, 0.2) is 18.2 Å². The largest absolute Gasteiger partial charge is 0.495 e. The average molecular weight is 397 g/mol. The number of sulfone groups is 1. The minimum Gasteiger partial charge on any atom is -0.495 e. The van der Waals surface area contributed by atoms with Crippen molar-refractivity contribution in [2.75, 3.05) is 29.2 Å². The highest BCUT2D eigenvalue weighted by Crippen LogP contribution is 2.32. The van der Waals surface area contributed by atoms with Crippen molar-refractivity contribution in [1.82, 2.24) is 9.97 Å². The van der Waals surface area contributed by atoms with Gasteiger partial charge >= 0.3 is 0 Å². The molecule has 2 aromatic rings. The van der Waals surface area contributed by atoms with Crippen LogP contribution in [0.25, 0.3) is 0 Å². The van der Waals surface area contributed by atoms with Crippen molar-refractivity contribution in [3.05, 3.63) is 34.5 Å². The summed E-state index contributed by atoms with van der Waals surface area (Å²) in [5.41, 5.74) is 2.36. The van der Waals surface area contributed by atoms with E-state index in [2.05, 4.69) is 20.6 Å². The molecule has 2 heterocycles. The molecular formula is C17H21ClN4O3S. The number of ether oxygens (including phenoxy) is 1. The lowest BCUT2D eigenvalue weighted by Gasteiger charge is -2.15. The Kier molecular flexibility index (Phi) is 5.24. The highest BCUT2D eigenvalue weighted by molar-refractivity contribution is 7.91. The van der Waals surface area contributed by atoms with Crippen LogP contribution >= 0.6 is 11.6 Å². The van der Waals surface area contributed by atoms with Crippen molar-refractivity contribution in [2.45, 2.75) is 26.3 Å². The van der Waals surface area contributed by atoms with E-state index in [9.17, 15) is 8.42 Å². The van der Waals surface area contributed by atoms with Gasteiger partial charge in [-0.15, -0.1) is 0 Å². The van der Waals surface area contributed by atoms with E-state index in [1.165, 1.54) is 0 Å². The van der Waals surface area contributed by atoms with E-state index >= 15 is 0 Å². The molecule has 140 valence electrons. The number of methoxy groups -OCH3 is 1. The number of anilines is 3. The number of rotatable bonds is 5. The van der Waals surface area contributed by atoms with Crippen LogP contribution < -0.4 is 15.4 Å². The lowest BCUT2D eigenvalue weighted by molar-refractivity contribution is 0.416. The number of aromatic nitrogens is 2. The Morgan fingerprint density at radius 2 is 2.00 bits per heavy atom. The van der Waals surface area contributed by atoms with E-state index in [1.54, 1.807) is 19.2 Å². The maximum absolute atomic E-state index is 11.6. The first-order valence-electron chi connectivity index (χ1n) is 8.19. The summed E-state index contributed by atoms with van der Waals surface area (Å²) < 4.78 is 28.6. The van der Waals surface area contributed by atoms with Crippen LogP contribution in [-0.4, -0.2) is 43.0 Å². The molecule has 0 aliphatic carbocycles. The molecule has 0 bridgehead atoms. The van der Waals surface area contributed by atoms with Gasteiger partial charge in [-0.25, -0.2) is 13.4 Å². The molecule has 0 amide bonds. The lowest BCUT2D eigenvalue weighted by Crippen LogP contribution is -2.21. The second kappa shape index (κ2) is 7.28. The average Bonchev–Trinajstić information content (AvgIpc) is 2.88. The van der Waals surface area contributed by atoms with Gasteiger partial charge in [0.05, 0.1) is 24.3 Å². The predicted molar refractivity (Wildman–Crippen MR) is 103 cm³/mol. The number of nitrogens with zero attached hydrogens (tertiary/aromatic N) is 2. The molecule has 9 heteroatoms. The summed E-state index contributed by atoms with van der Waals surface area (Å²) >= 11 is 6.14. The molecule has 3 rings (SSSR count). The van der Waals surface area contributed by atoms with Crippen LogP contribution in [0, 0.1) is 13.8 Å². The maximum atomic E-state index is 11.6. The molecule has 1 fully saturated rings. The van der Waals surface area contributed by atoms with Gasteiger partial charge in [0.25, 0.3) is 0 Å². The van der Waals surface area contributed by atoms with Crippen LogP contribution in [0.4, 0.5) is 17.5 Å². The Labute approximate surface area is 158 Å². The highest BCUT2D eigenvalue weighted by Gasteiger charge is 2.28. The summed E-state index contributed by atoms with van der Waals surface area (Å²) in [5.74, 6) is 1.91. The van der Waals surface area contributed by atoms with Gasteiger partial charge in [-0.2, -0.15) is 4.98 Å². The van der Waals surface area contributed by atoms with Gasteiger partial charge in [0.2, 0.25) is 5.95 Å². The van der Waals surface area contributed by atoms with Crippen LogP contribution in [0.1, 0.15) is 17.7 Å². The summed E-state index contributed by atoms with van der Waals surface area (Å²) in [7, 11) is -1.39. The molecule has 2 N–H and O–H groups in total. The second-order valence-electron chi connectivity index (χ2n) is 6.39. The van der Waals surface area contributed by atoms with E-state index in [0.717, 1.165) is 11.3 Å². The van der Waals surface area contributed by atoms with Crippen molar-refractivity contribution in [3.63, 3.8) is 0 Å². The zero-order valence-corrected chi connectivity index (χ0v) is 16.4. The number of hydrogen-bond donors (Lipinski definition) is 2. The molecule has 7 nitrogen and oxygen atoms in total. The summed E-state index contributed by atoms with van der Waals surface area (Å²) in [6.07, 6.45) is 0.582. The standard InChI is InChI=1S/C17H21ClN4O3S/c1-10-6-14(15(25-3)8-13(10)18)21-17-19-11(2)7-16(22-17)20-12-4-5-26(23,24)9-12/h6-8,12H,4-5,9H2,1-3H3,(H2,19,20,21,22). The molecule has 0 saturated carbocycles. The Hall–Kier alpha value is -2.06. The van der Waals surface area contributed by atoms with Crippen molar-refractivity contribution >= 4 is 38.9 Å². The molecule has 1 aliphatic heterocycles. The summed E-state index contributed by atoms with van der Waals surface area (Å²) in [4.78, 5) is 8.84. The number of aryl methyl sites for hydroxylation is 2. The molecule has 1 aromatic heterocycles. The Morgan fingerprint density at radius 3 is 2.65 bits per heavy atom. The van der Waals surface area contributed by atoms with Crippen LogP contribution in [0.2, 0.25) is 5.02 Å². The van der Waals surface area contributed by atoms with Crippen molar-refractivity contribution < 1.29 is 13.2 Å². The van der Waals surface area contributed by atoms with E-state index < -0.39 is 9.84 Å². The second-order valence-corrected chi connectivity index (χ2v) is 9.03. The SMILES string of the molecule is COc1cc(Cl)c(C)cc1Nc1nc(C)cc(NC2CCS(=O)(=O)C2)n1. The zero-order chi connectivity index (χ0) is 18.9. The molecule has 1 saturated heterocycles. The van der Waals surface area contributed by atoms with Gasteiger partial charge < -0.3 is 15.4 Å². The lowest BCUT2D eigenvalue weighted by atomic mass is 10.2. The quantitative estimate of drug-likeness (QED) is 0.801. The molecule has 0 spiro atoms. The Balaban J connectivity index is 1.83. The first kappa shape index (κ1) is 18.7. The monoisotopic (exact) mass is 396 g/mol. The van der Waals surface area contributed by atoms with Crippen LogP contribution in [-0.2, 0) is 9.84 Å². The molecule has 1 atom stereocenters. The first-order valence-corrected chi connectivity index (χ1v) is 10.4. The van der Waals surface area contributed by atoms with Gasteiger partial charge in [0, 0.05) is 28.9 Å². The molecular weight excluding hydrogens is 376 g/mol. The molecule has 0 radical (unpaired) electrons. The van der Waals surface area contributed by atoms with Gasteiger partial charge in [0.1, 0.15) is 11.6 Å². The van der Waals surface area contributed by atoms with E-state index in [1.807, 2.05) is 19.9 Å². The number of benzene rings is 1. The van der Waals surface area contributed by atoms with Crippen LogP contribution in [0.3, 0.4) is 0 Å². The number of halogens is 1. The third-order valence-corrected chi connectivity index (χ3v) is 6.34. The normalized spacial score (nSPS) is 18.5. The van der Waals surface area contributed by atoms with Crippen LogP contribution in [0.5, 0.6) is 5.75 Å². The number of hydrogen-bond acceptors (Lipinski definition) is 7. The summed E-state index contributed by atoms with van der Waals surface area (Å²) in [6, 6.07) is 5.26. The topological polar surface area (TPSA) is 93.2 Å². The fourth-order valence-corrected chi connectivity index (χ4v) is 4.69. The predicted octanol–water partition coefficient (Wildman–Crippen LogP) is 3.10. The Morgan fingerprint density at radius 1 is 1.23 bits per heavy atom. The highest BCUT2D eigenvalue weighted by atomic mass is 35.5.